The van der Waals surface area contributed by atoms with Crippen LogP contribution in [0, 0.1) is 6.92 Å². The Morgan fingerprint density at radius 3 is 2.57 bits per heavy atom. The van der Waals surface area contributed by atoms with E-state index in [0.29, 0.717) is 18.7 Å². The van der Waals surface area contributed by atoms with Gasteiger partial charge in [-0.15, -0.1) is 0 Å². The number of ether oxygens (including phenoxy) is 1. The van der Waals surface area contributed by atoms with Crippen LogP contribution in [-0.2, 0) is 19.6 Å². The van der Waals surface area contributed by atoms with Gasteiger partial charge in [0.15, 0.2) is 0 Å². The Labute approximate surface area is 168 Å². The molecule has 7 nitrogen and oxygen atoms in total. The highest BCUT2D eigenvalue weighted by molar-refractivity contribution is 7.92. The average molecular weight is 423 g/mol. The topological polar surface area (TPSA) is 92.8 Å². The number of nitrogens with one attached hydrogen (secondary N) is 1. The summed E-state index contributed by atoms with van der Waals surface area (Å²) >= 11 is 5.94. The summed E-state index contributed by atoms with van der Waals surface area (Å²) in [5.74, 6) is -0.662. The molecule has 148 valence electrons. The molecule has 0 unspecified atom stereocenters. The maximum Gasteiger partial charge on any atom is 0.339 e. The van der Waals surface area contributed by atoms with Gasteiger partial charge in [0.25, 0.3) is 10.0 Å². The molecular formula is C19H19ClN2O5S. The van der Waals surface area contributed by atoms with Crippen molar-refractivity contribution in [3.8, 4) is 0 Å². The molecule has 0 atom stereocenters. The van der Waals surface area contributed by atoms with E-state index >= 15 is 0 Å². The van der Waals surface area contributed by atoms with Crippen LogP contribution in [0.3, 0.4) is 0 Å². The molecule has 1 saturated heterocycles. The third-order valence-electron chi connectivity index (χ3n) is 4.47. The van der Waals surface area contributed by atoms with Crippen LogP contribution in [0.1, 0.15) is 28.8 Å². The predicted octanol–water partition coefficient (Wildman–Crippen LogP) is 3.36. The fourth-order valence-electron chi connectivity index (χ4n) is 3.08. The molecule has 9 heteroatoms. The zero-order valence-electron chi connectivity index (χ0n) is 15.4. The van der Waals surface area contributed by atoms with Crippen LogP contribution in [0.5, 0.6) is 0 Å². The van der Waals surface area contributed by atoms with Gasteiger partial charge in [0.1, 0.15) is 0 Å². The Kier molecular flexibility index (Phi) is 5.62. The lowest BCUT2D eigenvalue weighted by molar-refractivity contribution is -0.117. The number of anilines is 2. The Balaban J connectivity index is 1.88. The van der Waals surface area contributed by atoms with Gasteiger partial charge < -0.3 is 9.64 Å². The van der Waals surface area contributed by atoms with Gasteiger partial charge in [-0.25, -0.2) is 13.2 Å². The molecule has 2 aromatic rings. The second kappa shape index (κ2) is 7.81. The largest absolute Gasteiger partial charge is 0.465 e. The summed E-state index contributed by atoms with van der Waals surface area (Å²) in [6.07, 6.45) is 1.33. The number of carbonyl (C=O) groups is 2. The predicted molar refractivity (Wildman–Crippen MR) is 106 cm³/mol. The fraction of sp³-hybridized carbons (Fsp3) is 0.263. The number of halogens is 1. The van der Waals surface area contributed by atoms with Gasteiger partial charge in [-0.1, -0.05) is 11.6 Å². The highest BCUT2D eigenvalue weighted by atomic mass is 35.5. The van der Waals surface area contributed by atoms with Crippen molar-refractivity contribution in [2.45, 2.75) is 24.7 Å². The first-order valence-electron chi connectivity index (χ1n) is 8.54. The molecule has 0 aromatic heterocycles. The number of hydrogen-bond donors (Lipinski definition) is 1. The van der Waals surface area contributed by atoms with E-state index in [-0.39, 0.29) is 21.4 Å². The van der Waals surface area contributed by atoms with Crippen LogP contribution in [-0.4, -0.2) is 33.9 Å². The number of rotatable bonds is 5. The van der Waals surface area contributed by atoms with Crippen molar-refractivity contribution in [2.75, 3.05) is 23.3 Å². The minimum Gasteiger partial charge on any atom is -0.465 e. The number of amides is 1. The van der Waals surface area contributed by atoms with E-state index in [0.717, 1.165) is 17.7 Å². The molecule has 28 heavy (non-hydrogen) atoms. The molecule has 0 bridgehead atoms. The van der Waals surface area contributed by atoms with Crippen molar-refractivity contribution < 1.29 is 22.7 Å². The zero-order valence-corrected chi connectivity index (χ0v) is 16.9. The molecule has 1 N–H and O–H groups in total. The summed E-state index contributed by atoms with van der Waals surface area (Å²) in [4.78, 5) is 25.3. The number of sulfonamides is 1. The Morgan fingerprint density at radius 1 is 1.21 bits per heavy atom. The SMILES string of the molecule is COC(=O)c1cc(S(=O)(=O)Nc2ccc(N3CCCC3=O)c(C)c2)ccc1Cl. The highest BCUT2D eigenvalue weighted by Gasteiger charge is 2.24. The first-order valence-corrected chi connectivity index (χ1v) is 10.4. The van der Waals surface area contributed by atoms with Gasteiger partial charge in [0.05, 0.1) is 22.6 Å². The van der Waals surface area contributed by atoms with Crippen molar-refractivity contribution in [1.29, 1.82) is 0 Å². The maximum absolute atomic E-state index is 12.7. The van der Waals surface area contributed by atoms with Gasteiger partial charge in [-0.3, -0.25) is 9.52 Å². The number of methoxy groups -OCH3 is 1. The molecule has 0 spiro atoms. The summed E-state index contributed by atoms with van der Waals surface area (Å²) in [5.41, 5.74) is 1.86. The van der Waals surface area contributed by atoms with Crippen LogP contribution in [0.2, 0.25) is 5.02 Å². The van der Waals surface area contributed by atoms with Crippen molar-refractivity contribution in [3.05, 3.63) is 52.5 Å². The summed E-state index contributed by atoms with van der Waals surface area (Å²) in [7, 11) is -2.76. The van der Waals surface area contributed by atoms with Crippen LogP contribution in [0.25, 0.3) is 0 Å². The highest BCUT2D eigenvalue weighted by Crippen LogP contribution is 2.29. The number of carbonyl (C=O) groups excluding carboxylic acids is 2. The smallest absolute Gasteiger partial charge is 0.339 e. The maximum atomic E-state index is 12.7. The lowest BCUT2D eigenvalue weighted by Crippen LogP contribution is -2.24. The number of nitrogens with zero attached hydrogens (tertiary/aromatic N) is 1. The number of hydrogen-bond acceptors (Lipinski definition) is 5. The van der Waals surface area contributed by atoms with Crippen molar-refractivity contribution >= 4 is 44.9 Å². The van der Waals surface area contributed by atoms with E-state index in [9.17, 15) is 18.0 Å². The van der Waals surface area contributed by atoms with Crippen molar-refractivity contribution in [1.82, 2.24) is 0 Å². The molecule has 1 amide bonds. The van der Waals surface area contributed by atoms with Crippen molar-refractivity contribution in [2.24, 2.45) is 0 Å². The quantitative estimate of drug-likeness (QED) is 0.746. The molecule has 2 aromatic carbocycles. The summed E-state index contributed by atoms with van der Waals surface area (Å²) in [5, 5.41) is 0.0984. The van der Waals surface area contributed by atoms with Crippen LogP contribution < -0.4 is 9.62 Å². The van der Waals surface area contributed by atoms with Gasteiger partial charge in [-0.05, 0) is 55.3 Å². The standard InChI is InChI=1S/C19H19ClN2O5S/c1-12-10-13(5-8-17(12)22-9-3-4-18(22)23)21-28(25,26)14-6-7-16(20)15(11-14)19(24)27-2/h5-8,10-11,21H,3-4,9H2,1-2H3. The summed E-state index contributed by atoms with van der Waals surface area (Å²) < 4.78 is 32.5. The summed E-state index contributed by atoms with van der Waals surface area (Å²) in [6, 6.07) is 8.79. The van der Waals surface area contributed by atoms with E-state index in [1.54, 1.807) is 23.1 Å². The van der Waals surface area contributed by atoms with E-state index in [2.05, 4.69) is 9.46 Å². The lowest BCUT2D eigenvalue weighted by atomic mass is 10.1. The van der Waals surface area contributed by atoms with Crippen molar-refractivity contribution in [3.63, 3.8) is 0 Å². The van der Waals surface area contributed by atoms with Gasteiger partial charge in [0, 0.05) is 24.3 Å². The number of benzene rings is 2. The molecular weight excluding hydrogens is 404 g/mol. The first-order chi connectivity index (χ1) is 13.2. The second-order valence-corrected chi connectivity index (χ2v) is 8.48. The normalized spacial score (nSPS) is 14.2. The van der Waals surface area contributed by atoms with Gasteiger partial charge in [0.2, 0.25) is 5.91 Å². The van der Waals surface area contributed by atoms with Crippen LogP contribution >= 0.6 is 11.6 Å². The Morgan fingerprint density at radius 2 is 1.96 bits per heavy atom. The second-order valence-electron chi connectivity index (χ2n) is 6.39. The van der Waals surface area contributed by atoms with Gasteiger partial charge in [-0.2, -0.15) is 0 Å². The lowest BCUT2D eigenvalue weighted by Gasteiger charge is -2.19. The Hall–Kier alpha value is -2.58. The molecule has 0 aliphatic carbocycles. The number of esters is 1. The number of aryl methyl sites for hydroxylation is 1. The third-order valence-corrected chi connectivity index (χ3v) is 6.18. The molecule has 1 aliphatic rings. The Bertz CT molecular complexity index is 1050. The minimum absolute atomic E-state index is 0.0360. The monoisotopic (exact) mass is 422 g/mol. The van der Waals surface area contributed by atoms with E-state index in [1.165, 1.54) is 25.3 Å². The van der Waals surface area contributed by atoms with Gasteiger partial charge >= 0.3 is 5.97 Å². The molecule has 0 radical (unpaired) electrons. The molecule has 1 fully saturated rings. The average Bonchev–Trinajstić information content (AvgIpc) is 3.07. The first kappa shape index (κ1) is 20.2. The molecule has 1 heterocycles. The third kappa shape index (κ3) is 3.98. The van der Waals surface area contributed by atoms with E-state index in [1.807, 2.05) is 6.92 Å². The zero-order chi connectivity index (χ0) is 20.5. The van der Waals surface area contributed by atoms with E-state index in [4.69, 9.17) is 11.6 Å². The molecule has 0 saturated carbocycles. The van der Waals surface area contributed by atoms with E-state index < -0.39 is 16.0 Å². The minimum atomic E-state index is -3.95. The fourth-order valence-corrected chi connectivity index (χ4v) is 4.35. The van der Waals surface area contributed by atoms with Crippen LogP contribution in [0.4, 0.5) is 11.4 Å². The summed E-state index contributed by atoms with van der Waals surface area (Å²) in [6.45, 7) is 2.47. The molecule has 1 aliphatic heterocycles. The van der Waals surface area contributed by atoms with Crippen LogP contribution in [0.15, 0.2) is 41.3 Å². The molecule has 3 rings (SSSR count).